The summed E-state index contributed by atoms with van der Waals surface area (Å²) in [6, 6.07) is 29.2. The van der Waals surface area contributed by atoms with E-state index in [1.165, 1.54) is 12.1 Å². The number of carbonyl (C=O) groups excluding carboxylic acids is 2. The zero-order valence-corrected chi connectivity index (χ0v) is 21.5. The van der Waals surface area contributed by atoms with Crippen LogP contribution in [0.25, 0.3) is 11.1 Å². The predicted octanol–water partition coefficient (Wildman–Crippen LogP) is 7.13. The molecular formula is C33H26N2O5. The summed E-state index contributed by atoms with van der Waals surface area (Å²) in [6.07, 6.45) is 5.14. The van der Waals surface area contributed by atoms with E-state index in [9.17, 15) is 19.7 Å². The number of ketones is 1. The molecule has 0 radical (unpaired) electrons. The van der Waals surface area contributed by atoms with Crippen molar-refractivity contribution >= 4 is 23.1 Å². The third-order valence-corrected chi connectivity index (χ3v) is 7.71. The standard InChI is InChI=1S/C33H26N2O5/c36-31(23-11-9-22(10-12-23)21-5-2-1-3-6-21)20-40-33(37)25-15-18-30-29(19-25)27-7-4-8-28(27)32(34-30)24-13-16-26(17-14-24)35(38)39/h1-7,9-19,27-28,32,34H,8,20H2/t27-,28-,32-/m0/s1. The number of hydrogen-bond acceptors (Lipinski definition) is 6. The summed E-state index contributed by atoms with van der Waals surface area (Å²) in [5.74, 6) is -0.514. The van der Waals surface area contributed by atoms with E-state index < -0.39 is 10.9 Å². The summed E-state index contributed by atoms with van der Waals surface area (Å²) in [5.41, 5.74) is 5.89. The third-order valence-electron chi connectivity index (χ3n) is 7.71. The van der Waals surface area contributed by atoms with E-state index in [2.05, 4.69) is 17.5 Å². The van der Waals surface area contributed by atoms with Crippen molar-refractivity contribution in [3.63, 3.8) is 0 Å². The molecule has 6 rings (SSSR count). The lowest BCUT2D eigenvalue weighted by atomic mass is 9.76. The van der Waals surface area contributed by atoms with Crippen LogP contribution in [0.5, 0.6) is 0 Å². The number of allylic oxidation sites excluding steroid dienone is 2. The molecule has 0 unspecified atom stereocenters. The number of carbonyl (C=O) groups is 2. The van der Waals surface area contributed by atoms with E-state index in [1.54, 1.807) is 30.3 Å². The molecule has 2 aliphatic rings. The number of nitrogens with one attached hydrogen (secondary N) is 1. The fourth-order valence-corrected chi connectivity index (χ4v) is 5.63. The van der Waals surface area contributed by atoms with Gasteiger partial charge in [0.05, 0.1) is 16.5 Å². The highest BCUT2D eigenvalue weighted by molar-refractivity contribution is 5.99. The first-order valence-electron chi connectivity index (χ1n) is 13.2. The summed E-state index contributed by atoms with van der Waals surface area (Å²) >= 11 is 0. The van der Waals surface area contributed by atoms with Crippen molar-refractivity contribution in [1.29, 1.82) is 0 Å². The van der Waals surface area contributed by atoms with Crippen LogP contribution in [0.2, 0.25) is 0 Å². The molecule has 0 saturated carbocycles. The monoisotopic (exact) mass is 530 g/mol. The van der Waals surface area contributed by atoms with Gasteiger partial charge in [-0.15, -0.1) is 0 Å². The van der Waals surface area contributed by atoms with Crippen LogP contribution in [-0.4, -0.2) is 23.3 Å². The minimum Gasteiger partial charge on any atom is -0.454 e. The maximum absolute atomic E-state index is 12.9. The Morgan fingerprint density at radius 1 is 0.875 bits per heavy atom. The second kappa shape index (κ2) is 10.6. The molecule has 4 aromatic carbocycles. The number of nitro groups is 1. The minimum atomic E-state index is -0.548. The number of hydrogen-bond donors (Lipinski definition) is 1. The summed E-state index contributed by atoms with van der Waals surface area (Å²) in [7, 11) is 0. The molecule has 0 spiro atoms. The molecule has 1 aliphatic heterocycles. The van der Waals surface area contributed by atoms with Crippen LogP contribution in [0, 0.1) is 16.0 Å². The number of benzene rings is 4. The van der Waals surface area contributed by atoms with Gasteiger partial charge in [-0.2, -0.15) is 0 Å². The molecule has 4 aromatic rings. The van der Waals surface area contributed by atoms with E-state index in [4.69, 9.17) is 4.74 Å². The Balaban J connectivity index is 1.14. The number of esters is 1. The average Bonchev–Trinajstić information content (AvgIpc) is 3.50. The van der Waals surface area contributed by atoms with Crippen molar-refractivity contribution < 1.29 is 19.2 Å². The maximum Gasteiger partial charge on any atom is 0.338 e. The van der Waals surface area contributed by atoms with Crippen LogP contribution in [0.1, 0.15) is 50.2 Å². The topological polar surface area (TPSA) is 98.5 Å². The lowest BCUT2D eigenvalue weighted by Crippen LogP contribution is -2.29. The van der Waals surface area contributed by atoms with Gasteiger partial charge < -0.3 is 10.1 Å². The largest absolute Gasteiger partial charge is 0.454 e. The second-order valence-corrected chi connectivity index (χ2v) is 10.1. The number of ether oxygens (including phenoxy) is 1. The van der Waals surface area contributed by atoms with Gasteiger partial charge in [-0.25, -0.2) is 4.79 Å². The molecule has 0 aromatic heterocycles. The Bertz CT molecular complexity index is 1610. The molecular weight excluding hydrogens is 504 g/mol. The highest BCUT2D eigenvalue weighted by Gasteiger charge is 2.38. The number of nitrogens with zero attached hydrogens (tertiary/aromatic N) is 1. The molecule has 3 atom stereocenters. The zero-order chi connectivity index (χ0) is 27.6. The molecule has 1 aliphatic carbocycles. The van der Waals surface area contributed by atoms with Gasteiger partial charge in [0, 0.05) is 29.3 Å². The van der Waals surface area contributed by atoms with Crippen molar-refractivity contribution in [1.82, 2.24) is 0 Å². The van der Waals surface area contributed by atoms with E-state index in [1.807, 2.05) is 54.6 Å². The van der Waals surface area contributed by atoms with Gasteiger partial charge in [-0.3, -0.25) is 14.9 Å². The van der Waals surface area contributed by atoms with E-state index in [-0.39, 0.29) is 36.0 Å². The average molecular weight is 531 g/mol. The van der Waals surface area contributed by atoms with Gasteiger partial charge in [0.15, 0.2) is 12.4 Å². The summed E-state index contributed by atoms with van der Waals surface area (Å²) < 4.78 is 5.40. The summed E-state index contributed by atoms with van der Waals surface area (Å²) in [4.78, 5) is 36.3. The molecule has 7 heteroatoms. The lowest BCUT2D eigenvalue weighted by molar-refractivity contribution is -0.384. The summed E-state index contributed by atoms with van der Waals surface area (Å²) in [6.45, 7) is -0.340. The maximum atomic E-state index is 12.9. The fraction of sp³-hybridized carbons (Fsp3) is 0.152. The van der Waals surface area contributed by atoms with E-state index >= 15 is 0 Å². The number of nitro benzene ring substituents is 1. The molecule has 1 N–H and O–H groups in total. The van der Waals surface area contributed by atoms with Gasteiger partial charge in [-0.1, -0.05) is 78.9 Å². The van der Waals surface area contributed by atoms with Crippen molar-refractivity contribution in [3.05, 3.63) is 142 Å². The van der Waals surface area contributed by atoms with Crippen molar-refractivity contribution in [2.24, 2.45) is 5.92 Å². The van der Waals surface area contributed by atoms with Crippen LogP contribution in [0.4, 0.5) is 11.4 Å². The van der Waals surface area contributed by atoms with Gasteiger partial charge >= 0.3 is 5.97 Å². The first kappa shape index (κ1) is 25.2. The molecule has 0 bridgehead atoms. The zero-order valence-electron chi connectivity index (χ0n) is 21.5. The Hall–Kier alpha value is -5.04. The Labute approximate surface area is 231 Å². The number of Topliss-reactive ketones (excluding diaryl/α,β-unsaturated/α-hetero) is 1. The van der Waals surface area contributed by atoms with Gasteiger partial charge in [0.25, 0.3) is 5.69 Å². The van der Waals surface area contributed by atoms with E-state index in [0.717, 1.165) is 34.4 Å². The third kappa shape index (κ3) is 4.89. The van der Waals surface area contributed by atoms with Crippen LogP contribution >= 0.6 is 0 Å². The molecule has 0 amide bonds. The van der Waals surface area contributed by atoms with Crippen molar-refractivity contribution in [3.8, 4) is 11.1 Å². The highest BCUT2D eigenvalue weighted by atomic mass is 16.6. The van der Waals surface area contributed by atoms with E-state index in [0.29, 0.717) is 11.1 Å². The fourth-order valence-electron chi connectivity index (χ4n) is 5.63. The predicted molar refractivity (Wildman–Crippen MR) is 152 cm³/mol. The van der Waals surface area contributed by atoms with Crippen LogP contribution in [-0.2, 0) is 4.74 Å². The molecule has 40 heavy (non-hydrogen) atoms. The highest BCUT2D eigenvalue weighted by Crippen LogP contribution is 2.50. The molecule has 198 valence electrons. The smallest absolute Gasteiger partial charge is 0.338 e. The van der Waals surface area contributed by atoms with Crippen LogP contribution in [0.3, 0.4) is 0 Å². The first-order chi connectivity index (χ1) is 19.5. The number of fused-ring (bicyclic) bond motifs is 3. The Morgan fingerprint density at radius 3 is 2.30 bits per heavy atom. The van der Waals surface area contributed by atoms with Crippen LogP contribution < -0.4 is 5.32 Å². The van der Waals surface area contributed by atoms with Gasteiger partial charge in [0.1, 0.15) is 0 Å². The van der Waals surface area contributed by atoms with Crippen LogP contribution in [0.15, 0.2) is 109 Å². The number of non-ortho nitro benzene ring substituents is 1. The molecule has 7 nitrogen and oxygen atoms in total. The molecule has 0 fully saturated rings. The Kier molecular flexibility index (Phi) is 6.70. The van der Waals surface area contributed by atoms with Gasteiger partial charge in [0.2, 0.25) is 0 Å². The quantitative estimate of drug-likeness (QED) is 0.0897. The Morgan fingerprint density at radius 2 is 1.57 bits per heavy atom. The van der Waals surface area contributed by atoms with Gasteiger partial charge in [-0.05, 0) is 52.8 Å². The second-order valence-electron chi connectivity index (χ2n) is 10.1. The van der Waals surface area contributed by atoms with Crippen molar-refractivity contribution in [2.75, 3.05) is 11.9 Å². The number of rotatable bonds is 7. The molecule has 1 heterocycles. The van der Waals surface area contributed by atoms with Crippen molar-refractivity contribution in [2.45, 2.75) is 18.4 Å². The summed E-state index contributed by atoms with van der Waals surface area (Å²) in [5, 5.41) is 14.6. The normalized spacial score (nSPS) is 18.8. The SMILES string of the molecule is O=C(COC(=O)c1ccc2c(c1)[C@H]1C=CC[C@@H]1[C@H](c1ccc([N+](=O)[O-])cc1)N2)c1ccc(-c2ccccc2)cc1. The lowest BCUT2D eigenvalue weighted by Gasteiger charge is -2.37. The first-order valence-corrected chi connectivity index (χ1v) is 13.2. The number of anilines is 1. The molecule has 0 saturated heterocycles. The minimum absolute atomic E-state index is 0.0167.